The van der Waals surface area contributed by atoms with E-state index in [4.69, 9.17) is 16.3 Å². The van der Waals surface area contributed by atoms with Gasteiger partial charge in [0.15, 0.2) is 0 Å². The second-order valence-electron chi connectivity index (χ2n) is 7.74. The zero-order valence-corrected chi connectivity index (χ0v) is 16.4. The number of benzene rings is 1. The number of halogens is 1. The smallest absolute Gasteiger partial charge is 0.251 e. The number of amides is 1. The lowest BCUT2D eigenvalue weighted by Crippen LogP contribution is -2.37. The lowest BCUT2D eigenvalue weighted by Gasteiger charge is -2.22. The molecule has 0 spiro atoms. The molecule has 1 N–H and O–H groups in total. The minimum atomic E-state index is -0.0135. The Morgan fingerprint density at radius 3 is 2.59 bits per heavy atom. The molecular formula is C22H25ClN2O2. The molecule has 4 rings (SSSR count). The largest absolute Gasteiger partial charge is 0.474 e. The lowest BCUT2D eigenvalue weighted by molar-refractivity contribution is 0.0924. The molecule has 4 nitrogen and oxygen atoms in total. The molecule has 0 saturated heterocycles. The van der Waals surface area contributed by atoms with Crippen molar-refractivity contribution in [2.24, 2.45) is 17.8 Å². The second-order valence-corrected chi connectivity index (χ2v) is 8.17. The number of nitrogens with one attached hydrogen (secondary N) is 1. The van der Waals surface area contributed by atoms with Gasteiger partial charge in [0, 0.05) is 28.4 Å². The van der Waals surface area contributed by atoms with Gasteiger partial charge in [0.05, 0.1) is 0 Å². The van der Waals surface area contributed by atoms with Crippen LogP contribution in [-0.2, 0) is 0 Å². The standard InChI is InChI=1S/C22H25ClN2O2/c1-3-19(25-21(26)14-6-8-15(23)9-7-14)20-17-11-16(12-18(17)20)27-22-13(2)5-4-10-24-22/h4-10,16-20H,3,11-12H2,1-2H3,(H,25,26)/t16?,17-,18-,19-,20?/m0/s1. The zero-order valence-electron chi connectivity index (χ0n) is 15.7. The van der Waals surface area contributed by atoms with Gasteiger partial charge < -0.3 is 10.1 Å². The van der Waals surface area contributed by atoms with Crippen molar-refractivity contribution in [2.45, 2.75) is 45.3 Å². The number of rotatable bonds is 6. The first-order valence-corrected chi connectivity index (χ1v) is 10.1. The Kier molecular flexibility index (Phi) is 5.09. The van der Waals surface area contributed by atoms with Crippen LogP contribution in [0.25, 0.3) is 0 Å². The maximum atomic E-state index is 12.5. The highest BCUT2D eigenvalue weighted by Crippen LogP contribution is 2.60. The van der Waals surface area contributed by atoms with Crippen LogP contribution < -0.4 is 10.1 Å². The molecule has 0 radical (unpaired) electrons. The molecule has 2 saturated carbocycles. The van der Waals surface area contributed by atoms with E-state index in [-0.39, 0.29) is 18.1 Å². The van der Waals surface area contributed by atoms with Gasteiger partial charge in [-0.25, -0.2) is 4.98 Å². The molecular weight excluding hydrogens is 360 g/mol. The fourth-order valence-electron chi connectivity index (χ4n) is 4.61. The quantitative estimate of drug-likeness (QED) is 0.788. The molecule has 1 amide bonds. The Morgan fingerprint density at radius 1 is 1.26 bits per heavy atom. The van der Waals surface area contributed by atoms with Crippen LogP contribution in [0.5, 0.6) is 5.88 Å². The summed E-state index contributed by atoms with van der Waals surface area (Å²) in [5.41, 5.74) is 1.74. The number of carbonyl (C=O) groups excluding carboxylic acids is 1. The van der Waals surface area contributed by atoms with Crippen molar-refractivity contribution in [1.82, 2.24) is 10.3 Å². The number of nitrogens with zero attached hydrogens (tertiary/aromatic N) is 1. The van der Waals surface area contributed by atoms with E-state index in [1.54, 1.807) is 30.5 Å². The van der Waals surface area contributed by atoms with Gasteiger partial charge in [-0.3, -0.25) is 4.79 Å². The van der Waals surface area contributed by atoms with Gasteiger partial charge in [-0.15, -0.1) is 0 Å². The summed E-state index contributed by atoms with van der Waals surface area (Å²) in [6, 6.07) is 11.2. The predicted octanol–water partition coefficient (Wildman–Crippen LogP) is 4.66. The molecule has 2 aliphatic carbocycles. The number of fused-ring (bicyclic) bond motifs is 1. The van der Waals surface area contributed by atoms with E-state index in [1.807, 2.05) is 19.1 Å². The molecule has 0 aliphatic heterocycles. The highest BCUT2D eigenvalue weighted by atomic mass is 35.5. The summed E-state index contributed by atoms with van der Waals surface area (Å²) in [6.45, 7) is 4.17. The summed E-state index contributed by atoms with van der Waals surface area (Å²) in [5.74, 6) is 2.60. The van der Waals surface area contributed by atoms with E-state index >= 15 is 0 Å². The molecule has 2 fully saturated rings. The normalized spacial score (nSPS) is 24.9. The summed E-state index contributed by atoms with van der Waals surface area (Å²) >= 11 is 5.91. The van der Waals surface area contributed by atoms with Crippen LogP contribution in [0.3, 0.4) is 0 Å². The molecule has 1 aromatic carbocycles. The van der Waals surface area contributed by atoms with Crippen molar-refractivity contribution < 1.29 is 9.53 Å². The van der Waals surface area contributed by atoms with Gasteiger partial charge in [0.1, 0.15) is 6.10 Å². The van der Waals surface area contributed by atoms with Crippen LogP contribution in [0.2, 0.25) is 5.02 Å². The van der Waals surface area contributed by atoms with Crippen molar-refractivity contribution >= 4 is 17.5 Å². The third-order valence-electron chi connectivity index (χ3n) is 6.04. The van der Waals surface area contributed by atoms with E-state index in [2.05, 4.69) is 17.2 Å². The van der Waals surface area contributed by atoms with Crippen LogP contribution in [0.1, 0.15) is 42.1 Å². The molecule has 0 unspecified atom stereocenters. The third kappa shape index (κ3) is 3.81. The van der Waals surface area contributed by atoms with Crippen molar-refractivity contribution in [1.29, 1.82) is 0 Å². The van der Waals surface area contributed by atoms with E-state index in [9.17, 15) is 4.79 Å². The Bertz CT molecular complexity index is 811. The molecule has 3 atom stereocenters. The molecule has 2 aromatic rings. The molecule has 0 bridgehead atoms. The first kappa shape index (κ1) is 18.3. The summed E-state index contributed by atoms with van der Waals surface area (Å²) in [5, 5.41) is 3.87. The maximum absolute atomic E-state index is 12.5. The van der Waals surface area contributed by atoms with Crippen LogP contribution >= 0.6 is 11.6 Å². The van der Waals surface area contributed by atoms with Crippen molar-refractivity contribution in [3.8, 4) is 5.88 Å². The molecule has 142 valence electrons. The Labute approximate surface area is 165 Å². The average Bonchev–Trinajstić information content (AvgIpc) is 3.16. The summed E-state index contributed by atoms with van der Waals surface area (Å²) in [7, 11) is 0. The topological polar surface area (TPSA) is 51.2 Å². The lowest BCUT2D eigenvalue weighted by atomic mass is 10.00. The van der Waals surface area contributed by atoms with Gasteiger partial charge in [-0.1, -0.05) is 24.6 Å². The number of ether oxygens (including phenoxy) is 1. The SMILES string of the molecule is CC[C@H](NC(=O)c1ccc(Cl)cc1)C1[C@H]2CC(Oc3ncccc3C)C[C@H]12. The molecule has 1 aromatic heterocycles. The highest BCUT2D eigenvalue weighted by Gasteiger charge is 2.59. The number of hydrogen-bond acceptors (Lipinski definition) is 3. The van der Waals surface area contributed by atoms with Crippen LogP contribution in [0, 0.1) is 24.7 Å². The van der Waals surface area contributed by atoms with Gasteiger partial charge >= 0.3 is 0 Å². The second kappa shape index (κ2) is 7.51. The molecule has 2 aliphatic rings. The maximum Gasteiger partial charge on any atom is 0.251 e. The molecule has 1 heterocycles. The van der Waals surface area contributed by atoms with Gasteiger partial charge in [-0.05, 0) is 74.3 Å². The van der Waals surface area contributed by atoms with E-state index in [0.29, 0.717) is 28.3 Å². The number of aryl methyl sites for hydroxylation is 1. The monoisotopic (exact) mass is 384 g/mol. The Morgan fingerprint density at radius 2 is 1.96 bits per heavy atom. The number of pyridine rings is 1. The highest BCUT2D eigenvalue weighted by molar-refractivity contribution is 6.30. The fourth-order valence-corrected chi connectivity index (χ4v) is 4.74. The van der Waals surface area contributed by atoms with Crippen molar-refractivity contribution in [2.75, 3.05) is 0 Å². The molecule has 5 heteroatoms. The first-order valence-electron chi connectivity index (χ1n) is 9.71. The van der Waals surface area contributed by atoms with E-state index in [1.165, 1.54) is 0 Å². The van der Waals surface area contributed by atoms with Crippen LogP contribution in [0.4, 0.5) is 0 Å². The fraction of sp³-hybridized carbons (Fsp3) is 0.455. The van der Waals surface area contributed by atoms with E-state index in [0.717, 1.165) is 30.7 Å². The number of hydrogen-bond donors (Lipinski definition) is 1. The number of carbonyl (C=O) groups is 1. The van der Waals surface area contributed by atoms with Crippen LogP contribution in [-0.4, -0.2) is 23.0 Å². The average molecular weight is 385 g/mol. The number of aromatic nitrogens is 1. The summed E-state index contributed by atoms with van der Waals surface area (Å²) in [6.07, 6.45) is 5.08. The molecule has 27 heavy (non-hydrogen) atoms. The van der Waals surface area contributed by atoms with Crippen LogP contribution in [0.15, 0.2) is 42.6 Å². The third-order valence-corrected chi connectivity index (χ3v) is 6.29. The minimum absolute atomic E-state index is 0.0135. The Hall–Kier alpha value is -2.07. The van der Waals surface area contributed by atoms with Crippen molar-refractivity contribution in [3.63, 3.8) is 0 Å². The first-order chi connectivity index (χ1) is 13.1. The predicted molar refractivity (Wildman–Crippen MR) is 106 cm³/mol. The van der Waals surface area contributed by atoms with Gasteiger partial charge in [0.25, 0.3) is 5.91 Å². The van der Waals surface area contributed by atoms with Gasteiger partial charge in [0.2, 0.25) is 5.88 Å². The summed E-state index contributed by atoms with van der Waals surface area (Å²) in [4.78, 5) is 16.9. The Balaban J connectivity index is 1.32. The zero-order chi connectivity index (χ0) is 19.0. The van der Waals surface area contributed by atoms with Crippen molar-refractivity contribution in [3.05, 3.63) is 58.7 Å². The minimum Gasteiger partial charge on any atom is -0.474 e. The summed E-state index contributed by atoms with van der Waals surface area (Å²) < 4.78 is 6.12. The van der Waals surface area contributed by atoms with Gasteiger partial charge in [-0.2, -0.15) is 0 Å². The van der Waals surface area contributed by atoms with E-state index < -0.39 is 0 Å².